The lowest BCUT2D eigenvalue weighted by Gasteiger charge is -2.37. The molecule has 0 saturated carbocycles. The van der Waals surface area contributed by atoms with E-state index in [0.717, 1.165) is 47.8 Å². The van der Waals surface area contributed by atoms with Crippen molar-refractivity contribution in [3.63, 3.8) is 0 Å². The second-order valence-corrected chi connectivity index (χ2v) is 13.0. The van der Waals surface area contributed by atoms with Crippen LogP contribution in [0, 0.1) is 18.8 Å². The summed E-state index contributed by atoms with van der Waals surface area (Å²) in [7, 11) is -0.697. The first kappa shape index (κ1) is 29.5. The van der Waals surface area contributed by atoms with Crippen molar-refractivity contribution in [1.29, 1.82) is 0 Å². The SMILES string of the molecule is Cc1cc(CN2CCS(=O)CC2)ccc1COc1ccccc1-c1csc(N2CCC(C(=O)O)C(C(F)(F)F)C2)n1. The molecule has 0 spiro atoms. The van der Waals surface area contributed by atoms with Gasteiger partial charge in [0.2, 0.25) is 0 Å². The van der Waals surface area contributed by atoms with Crippen molar-refractivity contribution >= 4 is 33.2 Å². The molecule has 2 unspecified atom stereocenters. The predicted molar refractivity (Wildman–Crippen MR) is 154 cm³/mol. The fourth-order valence-electron chi connectivity index (χ4n) is 5.36. The molecule has 3 aromatic rings. The van der Waals surface area contributed by atoms with Crippen molar-refractivity contribution in [2.75, 3.05) is 42.6 Å². The number of ether oxygens (including phenoxy) is 1. The molecule has 2 fully saturated rings. The Morgan fingerprint density at radius 1 is 1.17 bits per heavy atom. The fraction of sp³-hybridized carbons (Fsp3) is 0.448. The van der Waals surface area contributed by atoms with Crippen LogP contribution >= 0.6 is 11.3 Å². The second kappa shape index (κ2) is 12.5. The van der Waals surface area contributed by atoms with E-state index < -0.39 is 41.3 Å². The summed E-state index contributed by atoms with van der Waals surface area (Å²) in [5.41, 5.74) is 4.69. The minimum absolute atomic E-state index is 0.0921. The Morgan fingerprint density at radius 2 is 1.93 bits per heavy atom. The van der Waals surface area contributed by atoms with Crippen molar-refractivity contribution < 1.29 is 32.0 Å². The van der Waals surface area contributed by atoms with E-state index in [1.54, 1.807) is 5.38 Å². The molecule has 7 nitrogen and oxygen atoms in total. The number of aromatic nitrogens is 1. The van der Waals surface area contributed by atoms with E-state index in [4.69, 9.17) is 4.74 Å². The number of carbonyl (C=O) groups is 1. The molecule has 0 radical (unpaired) electrons. The van der Waals surface area contributed by atoms with Gasteiger partial charge in [-0.25, -0.2) is 4.98 Å². The van der Waals surface area contributed by atoms with Gasteiger partial charge in [-0.2, -0.15) is 13.2 Å². The maximum atomic E-state index is 13.6. The van der Waals surface area contributed by atoms with Gasteiger partial charge in [-0.15, -0.1) is 11.3 Å². The summed E-state index contributed by atoms with van der Waals surface area (Å²) in [5, 5.41) is 11.5. The van der Waals surface area contributed by atoms with E-state index in [1.807, 2.05) is 31.2 Å². The minimum Gasteiger partial charge on any atom is -0.488 e. The lowest BCUT2D eigenvalue weighted by Crippen LogP contribution is -2.49. The first-order valence-corrected chi connectivity index (χ1v) is 15.8. The molecule has 0 aliphatic carbocycles. The van der Waals surface area contributed by atoms with Crippen LogP contribution in [-0.2, 0) is 28.7 Å². The van der Waals surface area contributed by atoms with Gasteiger partial charge in [-0.05, 0) is 42.2 Å². The first-order chi connectivity index (χ1) is 19.6. The highest BCUT2D eigenvalue weighted by Gasteiger charge is 2.50. The smallest absolute Gasteiger partial charge is 0.394 e. The number of rotatable bonds is 8. The predicted octanol–water partition coefficient (Wildman–Crippen LogP) is 5.35. The number of hydrogen-bond acceptors (Lipinski definition) is 7. The van der Waals surface area contributed by atoms with Crippen LogP contribution in [-0.4, -0.2) is 69.0 Å². The normalized spacial score (nSPS) is 20.7. The lowest BCUT2D eigenvalue weighted by molar-refractivity contribution is -0.197. The molecule has 41 heavy (non-hydrogen) atoms. The van der Waals surface area contributed by atoms with Gasteiger partial charge >= 0.3 is 12.1 Å². The molecule has 1 aromatic heterocycles. The number of thiazole rings is 1. The Kier molecular flexibility index (Phi) is 9.00. The van der Waals surface area contributed by atoms with Gasteiger partial charge in [0.25, 0.3) is 0 Å². The van der Waals surface area contributed by atoms with E-state index in [2.05, 4.69) is 28.1 Å². The second-order valence-electron chi connectivity index (χ2n) is 10.5. The third kappa shape index (κ3) is 7.10. The summed E-state index contributed by atoms with van der Waals surface area (Å²) in [6, 6.07) is 13.7. The van der Waals surface area contributed by atoms with Crippen LogP contribution in [0.3, 0.4) is 0 Å². The monoisotopic (exact) mass is 607 g/mol. The van der Waals surface area contributed by atoms with E-state index in [9.17, 15) is 27.3 Å². The fourth-order valence-corrected chi connectivity index (χ4v) is 7.35. The van der Waals surface area contributed by atoms with Crippen molar-refractivity contribution in [3.8, 4) is 17.0 Å². The summed E-state index contributed by atoms with van der Waals surface area (Å²) in [5.74, 6) is -2.74. The maximum Gasteiger partial charge on any atom is 0.394 e. The van der Waals surface area contributed by atoms with Crippen molar-refractivity contribution in [2.45, 2.75) is 32.7 Å². The van der Waals surface area contributed by atoms with Crippen molar-refractivity contribution in [3.05, 3.63) is 64.5 Å². The average molecular weight is 608 g/mol. The number of carboxylic acids is 1. The highest BCUT2D eigenvalue weighted by molar-refractivity contribution is 7.85. The highest BCUT2D eigenvalue weighted by atomic mass is 32.2. The Balaban J connectivity index is 1.25. The molecule has 2 aliphatic rings. The molecule has 3 heterocycles. The third-order valence-corrected chi connectivity index (χ3v) is 9.92. The summed E-state index contributed by atoms with van der Waals surface area (Å²) < 4.78 is 58.7. The zero-order chi connectivity index (χ0) is 29.1. The first-order valence-electron chi connectivity index (χ1n) is 13.5. The molecule has 0 amide bonds. The van der Waals surface area contributed by atoms with Crippen LogP contribution < -0.4 is 9.64 Å². The lowest BCUT2D eigenvalue weighted by atomic mass is 9.85. The van der Waals surface area contributed by atoms with Crippen LogP contribution in [0.25, 0.3) is 11.3 Å². The third-order valence-electron chi connectivity index (χ3n) is 7.74. The number of carboxylic acid groups (broad SMARTS) is 1. The summed E-state index contributed by atoms with van der Waals surface area (Å²) >= 11 is 1.24. The van der Waals surface area contributed by atoms with E-state index in [-0.39, 0.29) is 13.0 Å². The zero-order valence-corrected chi connectivity index (χ0v) is 24.2. The van der Waals surface area contributed by atoms with E-state index >= 15 is 0 Å². The Hall–Kier alpha value is -2.96. The molecule has 0 bridgehead atoms. The summed E-state index contributed by atoms with van der Waals surface area (Å²) in [6.45, 7) is 4.67. The topological polar surface area (TPSA) is 83.0 Å². The summed E-state index contributed by atoms with van der Waals surface area (Å²) in [6.07, 6.45) is -4.70. The zero-order valence-electron chi connectivity index (χ0n) is 22.6. The molecule has 5 rings (SSSR count). The molecule has 2 aliphatic heterocycles. The standard InChI is InChI=1S/C29H32F3N3O4S2/c1-19-14-20(15-34-10-12-41(38)13-11-34)6-7-21(19)17-39-26-5-3-2-4-23(26)25-18-40-28(33-25)35-9-8-22(27(36)37)24(16-35)29(30,31)32/h2-7,14,18,22,24H,8-13,15-17H2,1H3,(H,36,37). The Labute approximate surface area is 243 Å². The van der Waals surface area contributed by atoms with E-state index in [1.165, 1.54) is 21.8 Å². The number of alkyl halides is 3. The number of benzene rings is 2. The van der Waals surface area contributed by atoms with Gasteiger partial charge in [0, 0.05) is 66.0 Å². The molecule has 2 saturated heterocycles. The number of para-hydroxylation sites is 1. The van der Waals surface area contributed by atoms with Gasteiger partial charge < -0.3 is 14.7 Å². The van der Waals surface area contributed by atoms with Crippen LogP contribution in [0.15, 0.2) is 47.8 Å². The molecular formula is C29H32F3N3O4S2. The Bertz CT molecular complexity index is 1400. The van der Waals surface area contributed by atoms with Crippen molar-refractivity contribution in [2.24, 2.45) is 11.8 Å². The molecule has 1 N–H and O–H groups in total. The number of aliphatic carboxylic acids is 1. The number of piperidine rings is 1. The molecule has 12 heteroatoms. The van der Waals surface area contributed by atoms with E-state index in [0.29, 0.717) is 23.2 Å². The number of aryl methyl sites for hydroxylation is 1. The van der Waals surface area contributed by atoms with Gasteiger partial charge in [-0.3, -0.25) is 13.9 Å². The average Bonchev–Trinajstić information content (AvgIpc) is 3.43. The number of anilines is 1. The number of hydrogen-bond donors (Lipinski definition) is 1. The number of nitrogens with zero attached hydrogens (tertiary/aromatic N) is 3. The van der Waals surface area contributed by atoms with Crippen LogP contribution in [0.2, 0.25) is 0 Å². The minimum atomic E-state index is -4.60. The van der Waals surface area contributed by atoms with Gasteiger partial charge in [0.1, 0.15) is 12.4 Å². The molecular weight excluding hydrogens is 575 g/mol. The number of halogens is 3. The van der Waals surface area contributed by atoms with Gasteiger partial charge in [0.05, 0.1) is 17.5 Å². The Morgan fingerprint density at radius 3 is 2.63 bits per heavy atom. The van der Waals surface area contributed by atoms with Gasteiger partial charge in [-0.1, -0.05) is 30.3 Å². The maximum absolute atomic E-state index is 13.6. The quantitative estimate of drug-likeness (QED) is 0.370. The largest absolute Gasteiger partial charge is 0.488 e. The van der Waals surface area contributed by atoms with Crippen molar-refractivity contribution in [1.82, 2.24) is 9.88 Å². The molecule has 2 atom stereocenters. The van der Waals surface area contributed by atoms with Crippen LogP contribution in [0.1, 0.15) is 23.1 Å². The molecule has 2 aromatic carbocycles. The van der Waals surface area contributed by atoms with Crippen LogP contribution in [0.5, 0.6) is 5.75 Å². The van der Waals surface area contributed by atoms with Gasteiger partial charge in [0.15, 0.2) is 5.13 Å². The molecule has 220 valence electrons. The van der Waals surface area contributed by atoms with Crippen LogP contribution in [0.4, 0.5) is 18.3 Å². The highest BCUT2D eigenvalue weighted by Crippen LogP contribution is 2.40. The summed E-state index contributed by atoms with van der Waals surface area (Å²) in [4.78, 5) is 19.9.